The molecule has 1 aromatic carbocycles. The first-order valence-corrected chi connectivity index (χ1v) is 16.3. The zero-order chi connectivity index (χ0) is 30.8. The summed E-state index contributed by atoms with van der Waals surface area (Å²) in [6.45, 7) is 8.87. The Bertz CT molecular complexity index is 1250. The van der Waals surface area contributed by atoms with Gasteiger partial charge >= 0.3 is 7.75 Å². The van der Waals surface area contributed by atoms with E-state index in [4.69, 9.17) is 29.0 Å². The lowest BCUT2D eigenvalue weighted by Crippen LogP contribution is -2.50. The number of quaternary nitrogens is 1. The Morgan fingerprint density at radius 3 is 2.55 bits per heavy atom. The summed E-state index contributed by atoms with van der Waals surface area (Å²) in [5, 5.41) is 16.7. The predicted octanol–water partition coefficient (Wildman–Crippen LogP) is 4.07. The zero-order valence-electron chi connectivity index (χ0n) is 24.5. The molecule has 2 fully saturated rings. The molecule has 4 rings (SSSR count). The summed E-state index contributed by atoms with van der Waals surface area (Å²) < 4.78 is 42.6. The molecule has 3 heterocycles. The molecule has 3 N–H and O–H groups in total. The molecule has 2 saturated heterocycles. The molecule has 14 heteroatoms. The molecule has 0 bridgehead atoms. The van der Waals surface area contributed by atoms with E-state index in [-0.39, 0.29) is 42.6 Å². The van der Waals surface area contributed by atoms with Crippen LogP contribution in [0.1, 0.15) is 46.6 Å². The first-order valence-electron chi connectivity index (χ1n) is 13.8. The fraction of sp³-hybridized carbons (Fsp3) is 0.571. The van der Waals surface area contributed by atoms with Crippen LogP contribution in [-0.4, -0.2) is 65.0 Å². The van der Waals surface area contributed by atoms with Crippen LogP contribution in [0.4, 0.5) is 0 Å². The van der Waals surface area contributed by atoms with E-state index in [1.807, 2.05) is 51.1 Å². The highest BCUT2D eigenvalue weighted by molar-refractivity contribution is 8.13. The molecule has 1 aromatic rings. The number of ether oxygens (including phenoxy) is 3. The number of hydrogen-bond acceptors (Lipinski definition) is 10. The average molecular weight is 626 g/mol. The van der Waals surface area contributed by atoms with E-state index >= 15 is 0 Å². The summed E-state index contributed by atoms with van der Waals surface area (Å²) in [6, 6.07) is 9.33. The van der Waals surface area contributed by atoms with Crippen molar-refractivity contribution in [3.05, 3.63) is 65.2 Å². The number of primary amides is 1. The topological polar surface area (TPSA) is 158 Å². The second-order valence-corrected chi connectivity index (χ2v) is 14.7. The largest absolute Gasteiger partial charge is 0.621 e. The average Bonchev–Trinajstić information content (AvgIpc) is 3.42. The number of nitrogens with two attached hydrogens (primary N) is 1. The predicted molar refractivity (Wildman–Crippen MR) is 157 cm³/mol. The van der Waals surface area contributed by atoms with Crippen molar-refractivity contribution in [1.29, 1.82) is 0 Å². The molecule has 0 radical (unpaired) electrons. The van der Waals surface area contributed by atoms with Crippen molar-refractivity contribution in [3.8, 4) is 0 Å². The lowest BCUT2D eigenvalue weighted by molar-refractivity contribution is -0.836. The molecule has 6 atom stereocenters. The lowest BCUT2D eigenvalue weighted by Gasteiger charge is -2.43. The van der Waals surface area contributed by atoms with Gasteiger partial charge < -0.3 is 25.2 Å². The molecule has 42 heavy (non-hydrogen) atoms. The van der Waals surface area contributed by atoms with E-state index in [0.29, 0.717) is 0 Å². The van der Waals surface area contributed by atoms with Gasteiger partial charge in [-0.05, 0) is 25.5 Å². The third kappa shape index (κ3) is 8.17. The van der Waals surface area contributed by atoms with E-state index < -0.39 is 54.0 Å². The standard InChI is InChI=1S/C28H40N3O9PS/c1-27(2,3)26(33)42-15-14-36-41(35,30-16-19-10-7-6-8-11-19)37-18-21-22-23(40-28(4,5)39-22)25(38-21)31(34)13-9-12-20(17-31)24(29)32/h6-11,13,17,21-23,25H,12,14-16,18H2,1-5H3,(H2,29,32)(H,30,35). The van der Waals surface area contributed by atoms with Crippen molar-refractivity contribution in [1.82, 2.24) is 5.09 Å². The minimum absolute atomic E-state index is 0.00787. The molecule has 12 nitrogen and oxygen atoms in total. The second-order valence-electron chi connectivity index (χ2n) is 11.8. The van der Waals surface area contributed by atoms with Crippen molar-refractivity contribution in [2.75, 3.05) is 19.0 Å². The Kier molecular flexibility index (Phi) is 10.2. The summed E-state index contributed by atoms with van der Waals surface area (Å²) in [7, 11) is -3.92. The normalized spacial score (nSPS) is 30.0. The summed E-state index contributed by atoms with van der Waals surface area (Å²) in [5.74, 6) is -1.43. The quantitative estimate of drug-likeness (QED) is 0.149. The number of benzene rings is 1. The van der Waals surface area contributed by atoms with Crippen LogP contribution in [0.2, 0.25) is 0 Å². The maximum Gasteiger partial charge on any atom is 0.405 e. The van der Waals surface area contributed by atoms with Crippen LogP contribution in [0.15, 0.2) is 54.4 Å². The van der Waals surface area contributed by atoms with Crippen LogP contribution >= 0.6 is 19.5 Å². The Labute approximate surface area is 250 Å². The SMILES string of the molecule is CC1(C)OC2C(COP(=O)(NCc3ccccc3)OCCSC(=O)C(C)(C)C)OC([N+]3([O-])C=CCC(C(N)=O)=C3)C2O1. The van der Waals surface area contributed by atoms with Gasteiger partial charge in [-0.15, -0.1) is 0 Å². The molecule has 3 aliphatic heterocycles. The van der Waals surface area contributed by atoms with E-state index in [1.165, 1.54) is 12.4 Å². The van der Waals surface area contributed by atoms with Crippen LogP contribution in [0.5, 0.6) is 0 Å². The number of allylic oxidation sites excluding steroid dienone is 1. The van der Waals surface area contributed by atoms with Crippen LogP contribution in [0, 0.1) is 10.6 Å². The van der Waals surface area contributed by atoms with Gasteiger partial charge in [-0.25, -0.2) is 9.65 Å². The number of amides is 1. The van der Waals surface area contributed by atoms with E-state index in [2.05, 4.69) is 5.09 Å². The van der Waals surface area contributed by atoms with Crippen LogP contribution in [0.25, 0.3) is 0 Å². The number of fused-ring (bicyclic) bond motifs is 1. The van der Waals surface area contributed by atoms with Gasteiger partial charge in [0.05, 0.1) is 25.0 Å². The van der Waals surface area contributed by atoms with Gasteiger partial charge in [0.1, 0.15) is 18.4 Å². The Morgan fingerprint density at radius 2 is 1.88 bits per heavy atom. The van der Waals surface area contributed by atoms with Crippen molar-refractivity contribution in [2.24, 2.45) is 11.1 Å². The molecule has 3 aliphatic rings. The smallest absolute Gasteiger partial charge is 0.405 e. The molecular formula is C28H40N3O9PS. The number of hydroxylamine groups is 3. The van der Waals surface area contributed by atoms with Crippen LogP contribution < -0.4 is 10.8 Å². The number of hydrogen-bond donors (Lipinski definition) is 2. The highest BCUT2D eigenvalue weighted by Crippen LogP contribution is 2.48. The minimum atomic E-state index is -3.92. The van der Waals surface area contributed by atoms with Crippen molar-refractivity contribution in [3.63, 3.8) is 0 Å². The van der Waals surface area contributed by atoms with Crippen LogP contribution in [-0.2, 0) is 44.0 Å². The van der Waals surface area contributed by atoms with Gasteiger partial charge in [-0.3, -0.25) is 23.3 Å². The highest BCUT2D eigenvalue weighted by Gasteiger charge is 2.60. The van der Waals surface area contributed by atoms with Gasteiger partial charge in [-0.1, -0.05) is 62.9 Å². The Balaban J connectivity index is 1.47. The molecule has 1 amide bonds. The van der Waals surface area contributed by atoms with Crippen molar-refractivity contribution < 1.29 is 42.1 Å². The van der Waals surface area contributed by atoms with Gasteiger partial charge in [0.15, 0.2) is 17.0 Å². The second kappa shape index (κ2) is 13.0. The minimum Gasteiger partial charge on any atom is -0.621 e. The number of nitrogens with zero attached hydrogens (tertiary/aromatic N) is 1. The highest BCUT2D eigenvalue weighted by atomic mass is 32.2. The molecule has 6 unspecified atom stereocenters. The fourth-order valence-corrected chi connectivity index (χ4v) is 6.93. The molecule has 0 spiro atoms. The first-order chi connectivity index (χ1) is 19.6. The zero-order valence-corrected chi connectivity index (χ0v) is 26.2. The summed E-state index contributed by atoms with van der Waals surface area (Å²) in [6.07, 6.45) is 0.877. The maximum atomic E-state index is 13.9. The maximum absolute atomic E-state index is 13.9. The molecule has 0 aliphatic carbocycles. The van der Waals surface area contributed by atoms with E-state index in [0.717, 1.165) is 17.3 Å². The molecule has 0 saturated carbocycles. The summed E-state index contributed by atoms with van der Waals surface area (Å²) in [5.41, 5.74) is 5.95. The summed E-state index contributed by atoms with van der Waals surface area (Å²) in [4.78, 5) is 24.1. The number of carbonyl (C=O) groups excluding carboxylic acids is 2. The number of nitrogens with one attached hydrogen (secondary N) is 1. The molecule has 0 aromatic heterocycles. The van der Waals surface area contributed by atoms with Gasteiger partial charge in [0, 0.05) is 24.1 Å². The first kappa shape index (κ1) is 33.0. The molecular weight excluding hydrogens is 585 g/mol. The Morgan fingerprint density at radius 1 is 1.19 bits per heavy atom. The fourth-order valence-electron chi connectivity index (χ4n) is 4.72. The number of thioether (sulfide) groups is 1. The van der Waals surface area contributed by atoms with Crippen molar-refractivity contribution >= 4 is 30.5 Å². The lowest BCUT2D eigenvalue weighted by atomic mass is 10.00. The monoisotopic (exact) mass is 625 g/mol. The Hall–Kier alpha value is -1.90. The van der Waals surface area contributed by atoms with Crippen LogP contribution in [0.3, 0.4) is 0 Å². The van der Waals surface area contributed by atoms with E-state index in [1.54, 1.807) is 19.9 Å². The van der Waals surface area contributed by atoms with Crippen molar-refractivity contribution in [2.45, 2.75) is 77.9 Å². The van der Waals surface area contributed by atoms with Gasteiger partial charge in [0.25, 0.3) is 0 Å². The molecule has 232 valence electrons. The number of carbonyl (C=O) groups is 2. The third-order valence-corrected chi connectivity index (χ3v) is 9.59. The third-order valence-electron chi connectivity index (χ3n) is 6.79. The number of rotatable bonds is 12. The van der Waals surface area contributed by atoms with E-state index in [9.17, 15) is 19.4 Å². The van der Waals surface area contributed by atoms with Gasteiger partial charge in [0.2, 0.25) is 12.1 Å². The summed E-state index contributed by atoms with van der Waals surface area (Å²) >= 11 is 1.10. The van der Waals surface area contributed by atoms with Gasteiger partial charge in [-0.2, -0.15) is 0 Å².